The van der Waals surface area contributed by atoms with Gasteiger partial charge in [0, 0.05) is 43.8 Å². The molecule has 1 aliphatic rings. The molecule has 226 valence electrons. The van der Waals surface area contributed by atoms with E-state index in [1.807, 2.05) is 30.3 Å². The monoisotopic (exact) mass is 617 g/mol. The minimum Gasteiger partial charge on any atom is -0.456 e. The highest BCUT2D eigenvalue weighted by Crippen LogP contribution is 2.43. The first-order chi connectivity index (χ1) is 23.8. The third-order valence-electron chi connectivity index (χ3n) is 9.34. The molecule has 9 aromatic rings. The highest BCUT2D eigenvalue weighted by Gasteiger charge is 2.22. The van der Waals surface area contributed by atoms with E-state index in [0.29, 0.717) is 17.5 Å². The van der Waals surface area contributed by atoms with Crippen molar-refractivity contribution in [3.8, 4) is 33.9 Å². The maximum absolute atomic E-state index is 6.74. The van der Waals surface area contributed by atoms with E-state index < -0.39 is 0 Å². The standard InChI is InChI=1S/C43H27N3O2/c1-3-11-26(12-4-1)31-21-22-34(39-35-23-28-15-7-8-16-29(28)24-38(35)48-40(31)39)43-45-41(27-13-5-2-6-14-27)44-42(46-43)30-19-20-33-32-17-9-10-18-36(32)47-37(33)25-30/h1,3-5,7-25H,2,6H2. The van der Waals surface area contributed by atoms with Crippen LogP contribution in [0.4, 0.5) is 0 Å². The van der Waals surface area contributed by atoms with Crippen molar-refractivity contribution in [3.63, 3.8) is 0 Å². The first-order valence-electron chi connectivity index (χ1n) is 16.3. The minimum absolute atomic E-state index is 0.593. The van der Waals surface area contributed by atoms with E-state index in [1.165, 1.54) is 0 Å². The predicted octanol–water partition coefficient (Wildman–Crippen LogP) is 11.6. The Hall–Kier alpha value is -6.33. The van der Waals surface area contributed by atoms with Crippen LogP contribution in [0.2, 0.25) is 0 Å². The maximum atomic E-state index is 6.74. The summed E-state index contributed by atoms with van der Waals surface area (Å²) in [5, 5.41) is 6.46. The highest BCUT2D eigenvalue weighted by atomic mass is 16.3. The van der Waals surface area contributed by atoms with E-state index in [1.54, 1.807) is 0 Å². The van der Waals surface area contributed by atoms with Gasteiger partial charge in [-0.15, -0.1) is 0 Å². The van der Waals surface area contributed by atoms with Crippen molar-refractivity contribution in [3.05, 3.63) is 145 Å². The molecule has 5 heteroatoms. The molecule has 1 aliphatic carbocycles. The third-order valence-corrected chi connectivity index (χ3v) is 9.34. The Morgan fingerprint density at radius 2 is 1.21 bits per heavy atom. The van der Waals surface area contributed by atoms with Gasteiger partial charge in [-0.1, -0.05) is 97.1 Å². The van der Waals surface area contributed by atoms with Crippen LogP contribution in [-0.4, -0.2) is 15.0 Å². The van der Waals surface area contributed by atoms with Gasteiger partial charge in [-0.2, -0.15) is 0 Å². The first kappa shape index (κ1) is 26.8. The lowest BCUT2D eigenvalue weighted by Crippen LogP contribution is -2.03. The van der Waals surface area contributed by atoms with E-state index in [9.17, 15) is 0 Å². The fourth-order valence-corrected chi connectivity index (χ4v) is 7.00. The summed E-state index contributed by atoms with van der Waals surface area (Å²) in [6.45, 7) is 0. The van der Waals surface area contributed by atoms with Crippen LogP contribution < -0.4 is 0 Å². The molecular weight excluding hydrogens is 590 g/mol. The van der Waals surface area contributed by atoms with Gasteiger partial charge in [-0.25, -0.2) is 15.0 Å². The van der Waals surface area contributed by atoms with Crippen molar-refractivity contribution in [1.82, 2.24) is 15.0 Å². The van der Waals surface area contributed by atoms with Crippen LogP contribution in [0.1, 0.15) is 18.7 Å². The second-order valence-corrected chi connectivity index (χ2v) is 12.3. The molecule has 0 spiro atoms. The van der Waals surface area contributed by atoms with Crippen LogP contribution in [0.15, 0.2) is 148 Å². The normalized spacial score (nSPS) is 13.3. The van der Waals surface area contributed by atoms with Gasteiger partial charge >= 0.3 is 0 Å². The summed E-state index contributed by atoms with van der Waals surface area (Å²) >= 11 is 0. The van der Waals surface area contributed by atoms with Gasteiger partial charge in [0.05, 0.1) is 0 Å². The van der Waals surface area contributed by atoms with Crippen LogP contribution in [0, 0.1) is 0 Å². The molecule has 0 bridgehead atoms. The number of rotatable bonds is 4. The highest BCUT2D eigenvalue weighted by molar-refractivity contribution is 6.18. The lowest BCUT2D eigenvalue weighted by Gasteiger charge is -2.12. The van der Waals surface area contributed by atoms with Crippen molar-refractivity contribution >= 4 is 60.2 Å². The Morgan fingerprint density at radius 3 is 2.08 bits per heavy atom. The fraction of sp³-hybridized carbons (Fsp3) is 0.0465. The number of aromatic nitrogens is 3. The lowest BCUT2D eigenvalue weighted by atomic mass is 9.97. The molecule has 0 saturated carbocycles. The zero-order valence-corrected chi connectivity index (χ0v) is 25.9. The molecule has 0 fully saturated rings. The Morgan fingerprint density at radius 1 is 0.479 bits per heavy atom. The minimum atomic E-state index is 0.593. The van der Waals surface area contributed by atoms with Gasteiger partial charge in [-0.05, 0) is 71.6 Å². The molecule has 10 rings (SSSR count). The molecule has 0 atom stereocenters. The zero-order valence-electron chi connectivity index (χ0n) is 25.9. The van der Waals surface area contributed by atoms with Crippen molar-refractivity contribution < 1.29 is 8.83 Å². The number of allylic oxidation sites excluding steroid dienone is 4. The molecule has 0 unspecified atom stereocenters. The van der Waals surface area contributed by atoms with Gasteiger partial charge in [0.15, 0.2) is 17.5 Å². The Kier molecular flexibility index (Phi) is 5.93. The molecule has 0 aliphatic heterocycles. The first-order valence-corrected chi connectivity index (χ1v) is 16.3. The van der Waals surface area contributed by atoms with Gasteiger partial charge < -0.3 is 8.83 Å². The number of furan rings is 2. The van der Waals surface area contributed by atoms with Crippen molar-refractivity contribution in [1.29, 1.82) is 0 Å². The van der Waals surface area contributed by atoms with Gasteiger partial charge in [0.25, 0.3) is 0 Å². The topological polar surface area (TPSA) is 65.0 Å². The number of fused-ring (bicyclic) bond motifs is 7. The summed E-state index contributed by atoms with van der Waals surface area (Å²) in [6, 6.07) is 41.7. The Labute approximate surface area is 275 Å². The predicted molar refractivity (Wildman–Crippen MR) is 195 cm³/mol. The smallest absolute Gasteiger partial charge is 0.164 e. The molecular formula is C43H27N3O2. The van der Waals surface area contributed by atoms with Crippen molar-refractivity contribution in [2.45, 2.75) is 12.8 Å². The fourth-order valence-electron chi connectivity index (χ4n) is 7.00. The van der Waals surface area contributed by atoms with Crippen LogP contribution in [-0.2, 0) is 0 Å². The van der Waals surface area contributed by atoms with Crippen molar-refractivity contribution in [2.24, 2.45) is 0 Å². The summed E-state index contributed by atoms with van der Waals surface area (Å²) in [7, 11) is 0. The number of nitrogens with zero attached hydrogens (tertiary/aromatic N) is 3. The van der Waals surface area contributed by atoms with Crippen molar-refractivity contribution in [2.75, 3.05) is 0 Å². The molecule has 6 aromatic carbocycles. The number of benzene rings is 6. The molecule has 0 saturated heterocycles. The molecule has 0 amide bonds. The molecule has 3 aromatic heterocycles. The van der Waals surface area contributed by atoms with Gasteiger partial charge in [0.2, 0.25) is 0 Å². The quantitative estimate of drug-likeness (QED) is 0.197. The van der Waals surface area contributed by atoms with E-state index >= 15 is 0 Å². The van der Waals surface area contributed by atoms with E-state index in [0.717, 1.165) is 95.3 Å². The number of para-hydroxylation sites is 1. The van der Waals surface area contributed by atoms with E-state index in [-0.39, 0.29) is 0 Å². The molecule has 0 radical (unpaired) electrons. The SMILES string of the molecule is C1=CC(c2nc(-c3ccc4c(c3)oc3ccccc34)nc(-c3ccc(-c4ccccc4)c4oc5cc6ccccc6cc5c34)n2)=CCC1. The van der Waals surface area contributed by atoms with Gasteiger partial charge in [-0.3, -0.25) is 0 Å². The maximum Gasteiger partial charge on any atom is 0.164 e. The summed E-state index contributed by atoms with van der Waals surface area (Å²) in [5.41, 5.74) is 8.18. The van der Waals surface area contributed by atoms with E-state index in [2.05, 4.69) is 109 Å². The second kappa shape index (κ2) is 10.6. The molecule has 0 N–H and O–H groups in total. The second-order valence-electron chi connectivity index (χ2n) is 12.3. The summed E-state index contributed by atoms with van der Waals surface area (Å²) in [4.78, 5) is 15.4. The molecule has 3 heterocycles. The Bertz CT molecular complexity index is 2790. The average Bonchev–Trinajstić information content (AvgIpc) is 3.72. The third kappa shape index (κ3) is 4.28. The van der Waals surface area contributed by atoms with Crippen LogP contribution in [0.25, 0.3) is 94.1 Å². The summed E-state index contributed by atoms with van der Waals surface area (Å²) in [6.07, 6.45) is 8.46. The van der Waals surface area contributed by atoms with E-state index in [4.69, 9.17) is 23.8 Å². The summed E-state index contributed by atoms with van der Waals surface area (Å²) < 4.78 is 13.0. The largest absolute Gasteiger partial charge is 0.456 e. The average molecular weight is 618 g/mol. The molecule has 5 nitrogen and oxygen atoms in total. The zero-order chi connectivity index (χ0) is 31.6. The summed E-state index contributed by atoms with van der Waals surface area (Å²) in [5.74, 6) is 1.84. The van der Waals surface area contributed by atoms with Crippen LogP contribution in [0.3, 0.4) is 0 Å². The van der Waals surface area contributed by atoms with Gasteiger partial charge in [0.1, 0.15) is 22.3 Å². The van der Waals surface area contributed by atoms with Crippen LogP contribution >= 0.6 is 0 Å². The number of hydrogen-bond acceptors (Lipinski definition) is 5. The Balaban J connectivity index is 1.25. The lowest BCUT2D eigenvalue weighted by molar-refractivity contribution is 0.669. The number of hydrogen-bond donors (Lipinski definition) is 0. The molecule has 48 heavy (non-hydrogen) atoms. The van der Waals surface area contributed by atoms with Crippen LogP contribution in [0.5, 0.6) is 0 Å².